The van der Waals surface area contributed by atoms with Gasteiger partial charge in [0.25, 0.3) is 5.91 Å². The summed E-state index contributed by atoms with van der Waals surface area (Å²) >= 11 is 4.75. The molecule has 4 nitrogen and oxygen atoms in total. The van der Waals surface area contributed by atoms with E-state index in [4.69, 9.17) is 4.74 Å². The minimum Gasteiger partial charge on any atom is -0.459 e. The number of hydrogen-bond acceptors (Lipinski definition) is 4. The second-order valence-electron chi connectivity index (χ2n) is 5.61. The molecular weight excluding hydrogens is 390 g/mol. The lowest BCUT2D eigenvalue weighted by molar-refractivity contribution is 0.0378. The van der Waals surface area contributed by atoms with E-state index >= 15 is 0 Å². The Morgan fingerprint density at radius 1 is 1.25 bits per heavy atom. The smallest absolute Gasteiger partial charge is 0.341 e. The van der Waals surface area contributed by atoms with Crippen LogP contribution in [-0.4, -0.2) is 18.0 Å². The van der Waals surface area contributed by atoms with Crippen LogP contribution >= 0.6 is 27.3 Å². The maximum absolute atomic E-state index is 12.5. The molecule has 0 spiro atoms. The molecule has 0 saturated carbocycles. The molecule has 1 heterocycles. The fourth-order valence-electron chi connectivity index (χ4n) is 2.36. The van der Waals surface area contributed by atoms with Crippen molar-refractivity contribution in [2.24, 2.45) is 0 Å². The number of anilines is 1. The Balaban J connectivity index is 2.34. The molecule has 2 aromatic rings. The second-order valence-corrected chi connectivity index (χ2v) is 7.75. The van der Waals surface area contributed by atoms with E-state index < -0.39 is 5.97 Å². The highest BCUT2D eigenvalue weighted by atomic mass is 79.9. The molecule has 0 radical (unpaired) electrons. The first-order valence-electron chi connectivity index (χ1n) is 7.73. The SMILES string of the molecule is CCc1c(C)sc(NC(=O)c2ccc(Br)cc2)c1C(=O)OC(C)C. The Labute approximate surface area is 154 Å². The van der Waals surface area contributed by atoms with Gasteiger partial charge in [0.1, 0.15) is 5.00 Å². The van der Waals surface area contributed by atoms with Crippen LogP contribution in [-0.2, 0) is 11.2 Å². The number of ether oxygens (including phenoxy) is 1. The summed E-state index contributed by atoms with van der Waals surface area (Å²) in [5.41, 5.74) is 1.93. The normalized spacial score (nSPS) is 10.8. The van der Waals surface area contributed by atoms with Crippen LogP contribution in [0.4, 0.5) is 5.00 Å². The van der Waals surface area contributed by atoms with Gasteiger partial charge in [-0.25, -0.2) is 4.79 Å². The number of hydrogen-bond donors (Lipinski definition) is 1. The van der Waals surface area contributed by atoms with Crippen LogP contribution in [0, 0.1) is 6.92 Å². The number of rotatable bonds is 5. The van der Waals surface area contributed by atoms with Gasteiger partial charge < -0.3 is 10.1 Å². The van der Waals surface area contributed by atoms with Crippen LogP contribution in [0.25, 0.3) is 0 Å². The zero-order chi connectivity index (χ0) is 17.9. The maximum Gasteiger partial charge on any atom is 0.341 e. The lowest BCUT2D eigenvalue weighted by Crippen LogP contribution is -2.17. The van der Waals surface area contributed by atoms with Crippen molar-refractivity contribution in [3.05, 3.63) is 50.3 Å². The third-order valence-electron chi connectivity index (χ3n) is 3.44. The molecule has 2 rings (SSSR count). The monoisotopic (exact) mass is 409 g/mol. The van der Waals surface area contributed by atoms with E-state index in [2.05, 4.69) is 21.2 Å². The summed E-state index contributed by atoms with van der Waals surface area (Å²) in [5, 5.41) is 3.40. The third kappa shape index (κ3) is 4.24. The minimum absolute atomic E-state index is 0.211. The van der Waals surface area contributed by atoms with Gasteiger partial charge in [0.2, 0.25) is 0 Å². The van der Waals surface area contributed by atoms with Crippen LogP contribution in [0.15, 0.2) is 28.7 Å². The van der Waals surface area contributed by atoms with Gasteiger partial charge in [-0.3, -0.25) is 4.79 Å². The molecule has 24 heavy (non-hydrogen) atoms. The summed E-state index contributed by atoms with van der Waals surface area (Å²) in [4.78, 5) is 25.9. The summed E-state index contributed by atoms with van der Waals surface area (Å²) in [6, 6.07) is 7.07. The number of halogens is 1. The van der Waals surface area contributed by atoms with Gasteiger partial charge in [-0.05, 0) is 57.0 Å². The minimum atomic E-state index is -0.391. The maximum atomic E-state index is 12.5. The first kappa shape index (κ1) is 18.7. The number of thiophene rings is 1. The zero-order valence-electron chi connectivity index (χ0n) is 14.1. The van der Waals surface area contributed by atoms with Crippen LogP contribution < -0.4 is 5.32 Å². The Morgan fingerprint density at radius 3 is 2.42 bits per heavy atom. The molecule has 1 aromatic heterocycles. The lowest BCUT2D eigenvalue weighted by Gasteiger charge is -2.11. The molecule has 128 valence electrons. The van der Waals surface area contributed by atoms with Gasteiger partial charge in [0.15, 0.2) is 0 Å². The molecule has 0 aliphatic rings. The molecule has 0 aliphatic carbocycles. The highest BCUT2D eigenvalue weighted by molar-refractivity contribution is 9.10. The van der Waals surface area contributed by atoms with Crippen molar-refractivity contribution in [2.75, 3.05) is 5.32 Å². The topological polar surface area (TPSA) is 55.4 Å². The van der Waals surface area contributed by atoms with E-state index in [-0.39, 0.29) is 12.0 Å². The number of nitrogens with one attached hydrogen (secondary N) is 1. The van der Waals surface area contributed by atoms with Crippen LogP contribution in [0.1, 0.15) is 51.9 Å². The van der Waals surface area contributed by atoms with Gasteiger partial charge in [-0.15, -0.1) is 11.3 Å². The first-order chi connectivity index (χ1) is 11.3. The fourth-order valence-corrected chi connectivity index (χ4v) is 3.75. The summed E-state index contributed by atoms with van der Waals surface area (Å²) in [5.74, 6) is -0.637. The molecule has 0 atom stereocenters. The average Bonchev–Trinajstić information content (AvgIpc) is 2.82. The number of carbonyl (C=O) groups excluding carboxylic acids is 2. The summed E-state index contributed by atoms with van der Waals surface area (Å²) < 4.78 is 6.25. The number of carbonyl (C=O) groups is 2. The number of amides is 1. The first-order valence-corrected chi connectivity index (χ1v) is 9.34. The van der Waals surface area contributed by atoms with E-state index in [1.165, 1.54) is 11.3 Å². The number of benzene rings is 1. The molecule has 0 bridgehead atoms. The van der Waals surface area contributed by atoms with Gasteiger partial charge in [0.05, 0.1) is 11.7 Å². The molecule has 6 heteroatoms. The van der Waals surface area contributed by atoms with Crippen molar-refractivity contribution >= 4 is 44.1 Å². The second kappa shape index (κ2) is 7.94. The lowest BCUT2D eigenvalue weighted by atomic mass is 10.1. The van der Waals surface area contributed by atoms with E-state index in [1.54, 1.807) is 24.3 Å². The molecule has 0 fully saturated rings. The Morgan fingerprint density at radius 2 is 1.88 bits per heavy atom. The van der Waals surface area contributed by atoms with E-state index in [0.717, 1.165) is 14.9 Å². The molecule has 0 unspecified atom stereocenters. The Kier molecular flexibility index (Phi) is 6.18. The largest absolute Gasteiger partial charge is 0.459 e. The van der Waals surface area contributed by atoms with Gasteiger partial charge in [0, 0.05) is 14.9 Å². The summed E-state index contributed by atoms with van der Waals surface area (Å²) in [6.45, 7) is 7.55. The van der Waals surface area contributed by atoms with E-state index in [0.29, 0.717) is 22.5 Å². The van der Waals surface area contributed by atoms with Crippen molar-refractivity contribution in [1.29, 1.82) is 0 Å². The predicted octanol–water partition coefficient (Wildman–Crippen LogP) is 5.20. The van der Waals surface area contributed by atoms with Gasteiger partial charge >= 0.3 is 5.97 Å². The molecule has 0 aliphatic heterocycles. The van der Waals surface area contributed by atoms with E-state index in [1.807, 2.05) is 27.7 Å². The van der Waals surface area contributed by atoms with Crippen LogP contribution in [0.5, 0.6) is 0 Å². The van der Waals surface area contributed by atoms with Crippen LogP contribution in [0.2, 0.25) is 0 Å². The Hall–Kier alpha value is -1.66. The quantitative estimate of drug-likeness (QED) is 0.690. The predicted molar refractivity (Wildman–Crippen MR) is 101 cm³/mol. The summed E-state index contributed by atoms with van der Waals surface area (Å²) in [7, 11) is 0. The van der Waals surface area contributed by atoms with Crippen molar-refractivity contribution in [2.45, 2.75) is 40.2 Å². The van der Waals surface area contributed by atoms with Gasteiger partial charge in [-0.1, -0.05) is 22.9 Å². The highest BCUT2D eigenvalue weighted by Gasteiger charge is 2.24. The van der Waals surface area contributed by atoms with Crippen LogP contribution in [0.3, 0.4) is 0 Å². The van der Waals surface area contributed by atoms with Crippen molar-refractivity contribution in [3.8, 4) is 0 Å². The molecular formula is C18H20BrNO3S. The highest BCUT2D eigenvalue weighted by Crippen LogP contribution is 2.34. The third-order valence-corrected chi connectivity index (χ3v) is 5.03. The van der Waals surface area contributed by atoms with Crippen molar-refractivity contribution in [3.63, 3.8) is 0 Å². The fraction of sp³-hybridized carbons (Fsp3) is 0.333. The molecule has 1 aromatic carbocycles. The zero-order valence-corrected chi connectivity index (χ0v) is 16.5. The number of aryl methyl sites for hydroxylation is 1. The number of esters is 1. The Bertz CT molecular complexity index is 750. The van der Waals surface area contributed by atoms with Gasteiger partial charge in [-0.2, -0.15) is 0 Å². The van der Waals surface area contributed by atoms with Crippen molar-refractivity contribution in [1.82, 2.24) is 0 Å². The average molecular weight is 410 g/mol. The van der Waals surface area contributed by atoms with E-state index in [9.17, 15) is 9.59 Å². The standard InChI is InChI=1S/C18H20BrNO3S/c1-5-14-11(4)24-17(15(14)18(22)23-10(2)3)20-16(21)12-6-8-13(19)9-7-12/h6-10H,5H2,1-4H3,(H,20,21). The van der Waals surface area contributed by atoms with Crippen molar-refractivity contribution < 1.29 is 14.3 Å². The molecule has 0 saturated heterocycles. The molecule has 1 N–H and O–H groups in total. The summed E-state index contributed by atoms with van der Waals surface area (Å²) in [6.07, 6.45) is 0.497. The molecule has 1 amide bonds.